The summed E-state index contributed by atoms with van der Waals surface area (Å²) in [7, 11) is -1.20. The van der Waals surface area contributed by atoms with E-state index in [1.807, 2.05) is 12.1 Å². The van der Waals surface area contributed by atoms with E-state index in [9.17, 15) is 13.4 Å². The molecule has 1 aliphatic carbocycles. The second-order valence-electron chi connectivity index (χ2n) is 9.18. The Balaban J connectivity index is 1.55. The second kappa shape index (κ2) is 10.7. The van der Waals surface area contributed by atoms with Crippen molar-refractivity contribution < 1.29 is 13.4 Å². The molecule has 184 valence electrons. The fourth-order valence-corrected chi connectivity index (χ4v) is 6.16. The fraction of sp³-hybridized carbons (Fsp3) is 0.423. The van der Waals surface area contributed by atoms with E-state index in [-0.39, 0.29) is 30.0 Å². The SMILES string of the molecule is O=C(NCc1ccc(F)cc1)c1nc(N2CCCCS2=O)c2cccnc2c1NC1CCCCC1. The molecule has 35 heavy (non-hydrogen) atoms. The lowest BCUT2D eigenvalue weighted by atomic mass is 9.95. The molecule has 9 heteroatoms. The van der Waals surface area contributed by atoms with Crippen LogP contribution in [0.25, 0.3) is 10.9 Å². The number of benzene rings is 1. The molecule has 1 saturated heterocycles. The Kier molecular flexibility index (Phi) is 7.22. The van der Waals surface area contributed by atoms with E-state index in [4.69, 9.17) is 4.98 Å². The van der Waals surface area contributed by atoms with Gasteiger partial charge in [0, 0.05) is 36.5 Å². The maximum atomic E-state index is 13.5. The number of anilines is 2. The Morgan fingerprint density at radius 3 is 2.66 bits per heavy atom. The van der Waals surface area contributed by atoms with Crippen LogP contribution >= 0.6 is 0 Å². The van der Waals surface area contributed by atoms with E-state index in [0.29, 0.717) is 29.3 Å². The number of hydrogen-bond acceptors (Lipinski definition) is 5. The number of carbonyl (C=O) groups is 1. The van der Waals surface area contributed by atoms with Gasteiger partial charge in [0.15, 0.2) is 11.5 Å². The predicted octanol–water partition coefficient (Wildman–Crippen LogP) is 4.71. The summed E-state index contributed by atoms with van der Waals surface area (Å²) in [5.74, 6) is 0.453. The minimum Gasteiger partial charge on any atom is -0.379 e. The number of rotatable bonds is 6. The number of nitrogens with zero attached hydrogens (tertiary/aromatic N) is 3. The highest BCUT2D eigenvalue weighted by Gasteiger charge is 2.28. The van der Waals surface area contributed by atoms with E-state index in [0.717, 1.165) is 49.5 Å². The highest BCUT2D eigenvalue weighted by atomic mass is 32.2. The first-order valence-corrected chi connectivity index (χ1v) is 13.6. The van der Waals surface area contributed by atoms with E-state index in [1.54, 1.807) is 22.6 Å². The summed E-state index contributed by atoms with van der Waals surface area (Å²) in [6.07, 6.45) is 9.12. The van der Waals surface area contributed by atoms with Crippen LogP contribution in [0.4, 0.5) is 15.9 Å². The number of pyridine rings is 2. The first-order valence-electron chi connectivity index (χ1n) is 12.3. The number of fused-ring (bicyclic) bond motifs is 1. The number of halogens is 1. The van der Waals surface area contributed by atoms with Crippen molar-refractivity contribution >= 4 is 39.3 Å². The van der Waals surface area contributed by atoms with Crippen molar-refractivity contribution in [2.75, 3.05) is 21.9 Å². The topological polar surface area (TPSA) is 87.2 Å². The molecule has 3 heterocycles. The van der Waals surface area contributed by atoms with Gasteiger partial charge in [-0.25, -0.2) is 13.6 Å². The largest absolute Gasteiger partial charge is 0.379 e. The minimum atomic E-state index is -1.20. The van der Waals surface area contributed by atoms with E-state index >= 15 is 0 Å². The number of aromatic nitrogens is 2. The van der Waals surface area contributed by atoms with Crippen LogP contribution in [0.1, 0.15) is 61.0 Å². The molecule has 2 N–H and O–H groups in total. The van der Waals surface area contributed by atoms with Crippen LogP contribution in [0.3, 0.4) is 0 Å². The van der Waals surface area contributed by atoms with Crippen molar-refractivity contribution in [1.82, 2.24) is 15.3 Å². The van der Waals surface area contributed by atoms with Gasteiger partial charge in [0.05, 0.1) is 11.2 Å². The highest BCUT2D eigenvalue weighted by Crippen LogP contribution is 2.35. The third-order valence-electron chi connectivity index (χ3n) is 6.69. The number of hydrogen-bond donors (Lipinski definition) is 2. The van der Waals surface area contributed by atoms with Crippen molar-refractivity contribution in [3.05, 3.63) is 59.7 Å². The van der Waals surface area contributed by atoms with Crippen molar-refractivity contribution in [3.63, 3.8) is 0 Å². The van der Waals surface area contributed by atoms with E-state index < -0.39 is 11.0 Å². The van der Waals surface area contributed by atoms with E-state index in [1.165, 1.54) is 18.6 Å². The number of nitrogens with one attached hydrogen (secondary N) is 2. The average Bonchev–Trinajstić information content (AvgIpc) is 2.89. The zero-order valence-electron chi connectivity index (χ0n) is 19.6. The molecule has 7 nitrogen and oxygen atoms in total. The van der Waals surface area contributed by atoms with Gasteiger partial charge in [0.2, 0.25) is 0 Å². The molecule has 0 spiro atoms. The van der Waals surface area contributed by atoms with Crippen LogP contribution in [0.5, 0.6) is 0 Å². The lowest BCUT2D eigenvalue weighted by molar-refractivity contribution is 0.0947. The normalized spacial score (nSPS) is 19.0. The smallest absolute Gasteiger partial charge is 0.272 e. The Morgan fingerprint density at radius 1 is 1.09 bits per heavy atom. The molecule has 1 atom stereocenters. The van der Waals surface area contributed by atoms with Gasteiger partial charge in [-0.15, -0.1) is 0 Å². The number of amides is 1. The van der Waals surface area contributed by atoms with Gasteiger partial charge in [0.25, 0.3) is 5.91 Å². The molecular formula is C26H30FN5O2S. The molecule has 1 saturated carbocycles. The van der Waals surface area contributed by atoms with E-state index in [2.05, 4.69) is 15.6 Å². The molecule has 1 amide bonds. The van der Waals surface area contributed by atoms with Crippen LogP contribution in [0.2, 0.25) is 0 Å². The summed E-state index contributed by atoms with van der Waals surface area (Å²) in [6, 6.07) is 10.1. The third kappa shape index (κ3) is 5.29. The zero-order chi connectivity index (χ0) is 24.2. The molecule has 1 unspecified atom stereocenters. The summed E-state index contributed by atoms with van der Waals surface area (Å²) in [6.45, 7) is 0.866. The van der Waals surface area contributed by atoms with Crippen molar-refractivity contribution in [2.24, 2.45) is 0 Å². The first-order chi connectivity index (χ1) is 17.1. The van der Waals surface area contributed by atoms with Crippen LogP contribution in [0, 0.1) is 5.82 Å². The Bertz CT molecular complexity index is 1230. The molecule has 2 fully saturated rings. The Hall–Kier alpha value is -3.07. The standard InChI is InChI=1S/C26H30FN5O2S/c27-19-12-10-18(11-13-19)17-29-26(33)24-23(30-20-7-2-1-3-8-20)22-21(9-6-14-28-22)25(31-24)32-15-4-5-16-35(32)34/h6,9-14,20,30H,1-5,7-8,15-17H2,(H,29,33). The molecule has 1 aliphatic heterocycles. The molecule has 5 rings (SSSR count). The van der Waals surface area contributed by atoms with Gasteiger partial charge in [-0.05, 0) is 55.5 Å². The van der Waals surface area contributed by atoms with Crippen LogP contribution in [0.15, 0.2) is 42.6 Å². The summed E-state index contributed by atoms with van der Waals surface area (Å²) in [5.41, 5.74) is 2.33. The number of carbonyl (C=O) groups excluding carboxylic acids is 1. The highest BCUT2D eigenvalue weighted by molar-refractivity contribution is 7.86. The lowest BCUT2D eigenvalue weighted by Crippen LogP contribution is -2.35. The van der Waals surface area contributed by atoms with Gasteiger partial charge in [0.1, 0.15) is 16.8 Å². The molecule has 2 aromatic heterocycles. The molecule has 3 aromatic rings. The second-order valence-corrected chi connectivity index (χ2v) is 10.7. The molecule has 1 aromatic carbocycles. The maximum absolute atomic E-state index is 13.5. The maximum Gasteiger partial charge on any atom is 0.272 e. The minimum absolute atomic E-state index is 0.245. The molecule has 0 radical (unpaired) electrons. The van der Waals surface area contributed by atoms with Crippen LogP contribution in [-0.2, 0) is 17.5 Å². The summed E-state index contributed by atoms with van der Waals surface area (Å²) >= 11 is 0. The van der Waals surface area contributed by atoms with Crippen molar-refractivity contribution in [1.29, 1.82) is 0 Å². The van der Waals surface area contributed by atoms with Crippen LogP contribution in [-0.4, -0.2) is 38.4 Å². The summed E-state index contributed by atoms with van der Waals surface area (Å²) in [5, 5.41) is 7.31. The van der Waals surface area contributed by atoms with Gasteiger partial charge in [-0.3, -0.25) is 14.1 Å². The lowest BCUT2D eigenvalue weighted by Gasteiger charge is -2.29. The molecular weight excluding hydrogens is 465 g/mol. The van der Waals surface area contributed by atoms with Gasteiger partial charge in [-0.2, -0.15) is 0 Å². The van der Waals surface area contributed by atoms with Gasteiger partial charge < -0.3 is 10.6 Å². The van der Waals surface area contributed by atoms with Crippen LogP contribution < -0.4 is 14.9 Å². The predicted molar refractivity (Wildman–Crippen MR) is 137 cm³/mol. The van der Waals surface area contributed by atoms with Crippen molar-refractivity contribution in [3.8, 4) is 0 Å². The Morgan fingerprint density at radius 2 is 1.89 bits per heavy atom. The molecule has 2 aliphatic rings. The first kappa shape index (κ1) is 23.7. The van der Waals surface area contributed by atoms with Crippen molar-refractivity contribution in [2.45, 2.75) is 57.5 Å². The third-order valence-corrected chi connectivity index (χ3v) is 8.17. The summed E-state index contributed by atoms with van der Waals surface area (Å²) in [4.78, 5) is 23.0. The fourth-order valence-electron chi connectivity index (χ4n) is 4.82. The van der Waals surface area contributed by atoms with Gasteiger partial charge in [-0.1, -0.05) is 31.4 Å². The van der Waals surface area contributed by atoms with Gasteiger partial charge >= 0.3 is 0 Å². The molecule has 0 bridgehead atoms. The quantitative estimate of drug-likeness (QED) is 0.517. The average molecular weight is 496 g/mol. The summed E-state index contributed by atoms with van der Waals surface area (Å²) < 4.78 is 28.0. The zero-order valence-corrected chi connectivity index (χ0v) is 20.5. The Labute approximate surface area is 207 Å². The monoisotopic (exact) mass is 495 g/mol.